The molecule has 0 aromatic carbocycles. The predicted molar refractivity (Wildman–Crippen MR) is 94.1 cm³/mol. The van der Waals surface area contributed by atoms with Crippen LogP contribution in [0, 0.1) is 0 Å². The number of hydrogen-bond acceptors (Lipinski definition) is 9. The summed E-state index contributed by atoms with van der Waals surface area (Å²) in [6.07, 6.45) is -4.73. The van der Waals surface area contributed by atoms with E-state index < -0.39 is 67.1 Å². The predicted octanol–water partition coefficient (Wildman–Crippen LogP) is -3.82. The maximum absolute atomic E-state index is 12.1. The number of carboxylic acid groups (broad SMARTS) is 2. The van der Waals surface area contributed by atoms with E-state index in [0.717, 1.165) is 0 Å². The normalized spacial score (nSPS) is 16.5. The molecular weight excluding hydrogens is 386 g/mol. The monoisotopic (exact) mass is 411 g/mol. The summed E-state index contributed by atoms with van der Waals surface area (Å²) in [7, 11) is 1.39. The highest BCUT2D eigenvalue weighted by atomic mass is 32.2. The van der Waals surface area contributed by atoms with E-state index in [9.17, 15) is 29.4 Å². The molecule has 0 aliphatic heterocycles. The molecule has 0 heterocycles. The Hall–Kier alpha value is -1.93. The van der Waals surface area contributed by atoms with Gasteiger partial charge in [0, 0.05) is 12.3 Å². The van der Waals surface area contributed by atoms with E-state index in [1.165, 1.54) is 18.8 Å². The number of aliphatic hydroxyl groups excluding tert-OH is 3. The van der Waals surface area contributed by atoms with Crippen LogP contribution in [0.15, 0.2) is 0 Å². The molecular formula is C14H25N3O9S. The Kier molecular flexibility index (Phi) is 11.6. The van der Waals surface area contributed by atoms with Crippen molar-refractivity contribution in [3.8, 4) is 0 Å². The van der Waals surface area contributed by atoms with Gasteiger partial charge in [0.15, 0.2) is 6.10 Å². The number of nitrogens with one attached hydrogen (secondary N) is 3. The van der Waals surface area contributed by atoms with Crippen molar-refractivity contribution in [3.05, 3.63) is 0 Å². The van der Waals surface area contributed by atoms with E-state index >= 15 is 0 Å². The lowest BCUT2D eigenvalue weighted by Crippen LogP contribution is -2.52. The van der Waals surface area contributed by atoms with Gasteiger partial charge in [0.2, 0.25) is 11.8 Å². The fourth-order valence-electron chi connectivity index (χ4n) is 1.89. The van der Waals surface area contributed by atoms with Crippen LogP contribution in [0.2, 0.25) is 0 Å². The fraction of sp³-hybridized carbons (Fsp3) is 0.714. The van der Waals surface area contributed by atoms with Crippen molar-refractivity contribution in [3.63, 3.8) is 0 Å². The molecule has 13 heteroatoms. The average molecular weight is 411 g/mol. The molecule has 156 valence electrons. The highest BCUT2D eigenvalue weighted by Crippen LogP contribution is 2.02. The van der Waals surface area contributed by atoms with Gasteiger partial charge < -0.3 is 41.5 Å². The van der Waals surface area contributed by atoms with Gasteiger partial charge in [-0.15, -0.1) is 0 Å². The first kappa shape index (κ1) is 25.1. The third kappa shape index (κ3) is 9.01. The summed E-state index contributed by atoms with van der Waals surface area (Å²) in [5, 5.41) is 52.7. The lowest BCUT2D eigenvalue weighted by molar-refractivity contribution is -0.157. The van der Waals surface area contributed by atoms with Crippen LogP contribution in [0.1, 0.15) is 6.42 Å². The molecule has 0 saturated carbocycles. The van der Waals surface area contributed by atoms with Gasteiger partial charge in [0.25, 0.3) is 0 Å². The van der Waals surface area contributed by atoms with Gasteiger partial charge in [-0.3, -0.25) is 9.59 Å². The van der Waals surface area contributed by atoms with Gasteiger partial charge in [0.05, 0.1) is 12.5 Å². The maximum atomic E-state index is 12.1. The lowest BCUT2D eigenvalue weighted by Gasteiger charge is -2.22. The van der Waals surface area contributed by atoms with Crippen LogP contribution >= 0.6 is 11.8 Å². The molecule has 0 spiro atoms. The lowest BCUT2D eigenvalue weighted by atomic mass is 10.1. The maximum Gasteiger partial charge on any atom is 0.335 e. The number of carbonyl (C=O) groups excluding carboxylic acids is 2. The van der Waals surface area contributed by atoms with Gasteiger partial charge >= 0.3 is 11.9 Å². The first-order valence-electron chi connectivity index (χ1n) is 7.78. The van der Waals surface area contributed by atoms with Crippen molar-refractivity contribution in [1.82, 2.24) is 16.0 Å². The quantitative estimate of drug-likeness (QED) is 0.147. The SMILES string of the molecule is CNC(CC(=O)NCC(O)C(O)C(O)C(=O)O)C(=O)N[C@@H](CSC)C(=O)O. The van der Waals surface area contributed by atoms with Crippen molar-refractivity contribution in [2.24, 2.45) is 0 Å². The molecule has 2 amide bonds. The molecule has 12 nitrogen and oxygen atoms in total. The van der Waals surface area contributed by atoms with E-state index in [4.69, 9.17) is 15.3 Å². The standard InChI is InChI=1S/C14H25N3O9S/c1-15-6(12(22)17-7(5-27-2)13(23)24)3-9(19)16-4-8(18)10(20)11(21)14(25)26/h6-8,10-11,15,18,20-21H,3-5H2,1-2H3,(H,16,19)(H,17,22)(H,23,24)(H,25,26)/t6?,7-,8?,10?,11?/m0/s1. The first-order chi connectivity index (χ1) is 12.5. The van der Waals surface area contributed by atoms with Crippen molar-refractivity contribution >= 4 is 35.5 Å². The molecule has 0 aromatic heterocycles. The van der Waals surface area contributed by atoms with Crippen LogP contribution in [0.3, 0.4) is 0 Å². The minimum atomic E-state index is -2.22. The summed E-state index contributed by atoms with van der Waals surface area (Å²) in [5.74, 6) is -4.25. The molecule has 27 heavy (non-hydrogen) atoms. The number of hydrogen-bond donors (Lipinski definition) is 8. The zero-order chi connectivity index (χ0) is 21.1. The third-order valence-corrected chi connectivity index (χ3v) is 4.15. The van der Waals surface area contributed by atoms with Crippen LogP contribution < -0.4 is 16.0 Å². The smallest absolute Gasteiger partial charge is 0.335 e. The second-order valence-electron chi connectivity index (χ2n) is 5.55. The van der Waals surface area contributed by atoms with Gasteiger partial charge in [0.1, 0.15) is 18.2 Å². The number of carbonyl (C=O) groups is 4. The average Bonchev–Trinajstić information content (AvgIpc) is 2.61. The second kappa shape index (κ2) is 12.5. The molecule has 0 saturated heterocycles. The minimum absolute atomic E-state index is 0.139. The molecule has 0 rings (SSSR count). The summed E-state index contributed by atoms with van der Waals surface area (Å²) in [6, 6.07) is -2.18. The van der Waals surface area contributed by atoms with E-state index in [1.807, 2.05) is 0 Å². The number of amides is 2. The van der Waals surface area contributed by atoms with Crippen molar-refractivity contribution in [2.45, 2.75) is 36.8 Å². The summed E-state index contributed by atoms with van der Waals surface area (Å²) < 4.78 is 0. The second-order valence-corrected chi connectivity index (χ2v) is 6.46. The van der Waals surface area contributed by atoms with Crippen LogP contribution in [0.25, 0.3) is 0 Å². The van der Waals surface area contributed by atoms with E-state index in [1.54, 1.807) is 6.26 Å². The molecule has 0 fully saturated rings. The largest absolute Gasteiger partial charge is 0.480 e. The summed E-state index contributed by atoms with van der Waals surface area (Å²) in [6.45, 7) is -0.563. The van der Waals surface area contributed by atoms with Crippen molar-refractivity contribution < 1.29 is 44.7 Å². The summed E-state index contributed by atoms with van der Waals surface area (Å²) in [4.78, 5) is 45.5. The molecule has 0 radical (unpaired) electrons. The summed E-state index contributed by atoms with van der Waals surface area (Å²) >= 11 is 1.22. The van der Waals surface area contributed by atoms with Crippen LogP contribution in [-0.2, 0) is 19.2 Å². The van der Waals surface area contributed by atoms with Crippen molar-refractivity contribution in [2.75, 3.05) is 25.6 Å². The molecule has 0 aliphatic rings. The zero-order valence-electron chi connectivity index (χ0n) is 14.8. The van der Waals surface area contributed by atoms with E-state index in [2.05, 4.69) is 16.0 Å². The molecule has 0 bridgehead atoms. The van der Waals surface area contributed by atoms with Gasteiger partial charge in [-0.1, -0.05) is 0 Å². The van der Waals surface area contributed by atoms with Gasteiger partial charge in [-0.05, 0) is 13.3 Å². The number of rotatable bonds is 13. The Bertz CT molecular complexity index is 534. The number of thioether (sulfide) groups is 1. The Labute approximate surface area is 159 Å². The van der Waals surface area contributed by atoms with Crippen LogP contribution in [0.5, 0.6) is 0 Å². The fourth-order valence-corrected chi connectivity index (χ4v) is 2.45. The molecule has 5 atom stereocenters. The first-order valence-corrected chi connectivity index (χ1v) is 9.17. The molecule has 8 N–H and O–H groups in total. The summed E-state index contributed by atoms with van der Waals surface area (Å²) in [5.41, 5.74) is 0. The topological polar surface area (TPSA) is 206 Å². The van der Waals surface area contributed by atoms with Gasteiger partial charge in [-0.25, -0.2) is 9.59 Å². The minimum Gasteiger partial charge on any atom is -0.480 e. The Balaban J connectivity index is 4.61. The number of likely N-dealkylation sites (N-methyl/N-ethyl adjacent to an activating group) is 1. The third-order valence-electron chi connectivity index (χ3n) is 3.48. The highest BCUT2D eigenvalue weighted by Gasteiger charge is 2.31. The number of aliphatic carboxylic acids is 2. The molecule has 0 aromatic rings. The Morgan fingerprint density at radius 3 is 2.04 bits per heavy atom. The highest BCUT2D eigenvalue weighted by molar-refractivity contribution is 7.98. The number of aliphatic hydroxyl groups is 3. The van der Waals surface area contributed by atoms with Crippen LogP contribution in [-0.4, -0.2) is 105 Å². The number of carboxylic acids is 2. The van der Waals surface area contributed by atoms with E-state index in [-0.39, 0.29) is 5.75 Å². The Morgan fingerprint density at radius 1 is 1.00 bits per heavy atom. The van der Waals surface area contributed by atoms with Gasteiger partial charge in [-0.2, -0.15) is 11.8 Å². The molecule has 0 aliphatic carbocycles. The van der Waals surface area contributed by atoms with E-state index in [0.29, 0.717) is 0 Å². The van der Waals surface area contributed by atoms with Crippen molar-refractivity contribution in [1.29, 1.82) is 0 Å². The molecule has 4 unspecified atom stereocenters. The Morgan fingerprint density at radius 2 is 1.59 bits per heavy atom. The zero-order valence-corrected chi connectivity index (χ0v) is 15.6. The van der Waals surface area contributed by atoms with Crippen LogP contribution in [0.4, 0.5) is 0 Å².